The minimum atomic E-state index is -2.71. The van der Waals surface area contributed by atoms with Gasteiger partial charge >= 0.3 is 0 Å². The first-order valence-corrected chi connectivity index (χ1v) is 12.9. The SMILES string of the molecule is NNC(=O)C[C@H](CCN1CCCC(F)(F)C1)NC(=O)c1cc(-c2ccccc2Cl)n(C2CCCC2)n1. The highest BCUT2D eigenvalue weighted by Crippen LogP contribution is 2.36. The molecule has 1 aromatic carbocycles. The van der Waals surface area contributed by atoms with Gasteiger partial charge in [-0.3, -0.25) is 24.6 Å². The molecule has 1 atom stereocenters. The molecular weight excluding hydrogens is 490 g/mol. The molecule has 1 aliphatic heterocycles. The van der Waals surface area contributed by atoms with Gasteiger partial charge in [-0.2, -0.15) is 5.10 Å². The Balaban J connectivity index is 1.51. The van der Waals surface area contributed by atoms with Gasteiger partial charge in [-0.25, -0.2) is 14.6 Å². The van der Waals surface area contributed by atoms with E-state index in [1.54, 1.807) is 17.0 Å². The summed E-state index contributed by atoms with van der Waals surface area (Å²) in [5.41, 5.74) is 3.86. The van der Waals surface area contributed by atoms with Crippen molar-refractivity contribution in [1.29, 1.82) is 0 Å². The smallest absolute Gasteiger partial charge is 0.272 e. The minimum absolute atomic E-state index is 0.0623. The summed E-state index contributed by atoms with van der Waals surface area (Å²) in [6, 6.07) is 8.75. The van der Waals surface area contributed by atoms with Crippen molar-refractivity contribution in [1.82, 2.24) is 25.4 Å². The number of hydrogen-bond acceptors (Lipinski definition) is 5. The van der Waals surface area contributed by atoms with E-state index in [9.17, 15) is 18.4 Å². The molecule has 2 aliphatic rings. The summed E-state index contributed by atoms with van der Waals surface area (Å²) in [5.74, 6) is 1.67. The van der Waals surface area contributed by atoms with Crippen LogP contribution in [0.5, 0.6) is 0 Å². The maximum atomic E-state index is 13.8. The number of hydrogen-bond donors (Lipinski definition) is 3. The van der Waals surface area contributed by atoms with Gasteiger partial charge in [0.2, 0.25) is 5.91 Å². The lowest BCUT2D eigenvalue weighted by molar-refractivity contribution is -0.121. The number of nitrogens with zero attached hydrogens (tertiary/aromatic N) is 3. The summed E-state index contributed by atoms with van der Waals surface area (Å²) in [5, 5.41) is 8.09. The molecule has 2 aromatic rings. The lowest BCUT2D eigenvalue weighted by Gasteiger charge is -2.33. The van der Waals surface area contributed by atoms with Gasteiger partial charge in [0.05, 0.1) is 18.3 Å². The first-order valence-electron chi connectivity index (χ1n) is 12.5. The average Bonchev–Trinajstić information content (AvgIpc) is 3.52. The first kappa shape index (κ1) is 26.5. The second kappa shape index (κ2) is 11.7. The number of benzene rings is 1. The fraction of sp³-hybridized carbons (Fsp3) is 0.560. The van der Waals surface area contributed by atoms with Crippen molar-refractivity contribution >= 4 is 23.4 Å². The van der Waals surface area contributed by atoms with Crippen molar-refractivity contribution in [3.8, 4) is 11.3 Å². The van der Waals surface area contributed by atoms with E-state index in [0.717, 1.165) is 36.9 Å². The van der Waals surface area contributed by atoms with Crippen LogP contribution in [0.4, 0.5) is 8.78 Å². The van der Waals surface area contributed by atoms with Gasteiger partial charge in [-0.1, -0.05) is 42.6 Å². The number of piperidine rings is 1. The third-order valence-electron chi connectivity index (χ3n) is 6.98. The van der Waals surface area contributed by atoms with Gasteiger partial charge in [0.15, 0.2) is 5.69 Å². The zero-order valence-electron chi connectivity index (χ0n) is 20.2. The zero-order valence-corrected chi connectivity index (χ0v) is 20.9. The van der Waals surface area contributed by atoms with E-state index < -0.39 is 23.8 Å². The van der Waals surface area contributed by atoms with Crippen LogP contribution in [0.25, 0.3) is 11.3 Å². The van der Waals surface area contributed by atoms with E-state index in [1.807, 2.05) is 22.9 Å². The Labute approximate surface area is 214 Å². The van der Waals surface area contributed by atoms with Crippen molar-refractivity contribution in [2.45, 2.75) is 69.4 Å². The summed E-state index contributed by atoms with van der Waals surface area (Å²) >= 11 is 6.46. The van der Waals surface area contributed by atoms with Crippen LogP contribution in [0, 0.1) is 0 Å². The molecule has 1 saturated carbocycles. The lowest BCUT2D eigenvalue weighted by atomic mass is 10.0. The molecule has 8 nitrogen and oxygen atoms in total. The topological polar surface area (TPSA) is 105 Å². The van der Waals surface area contributed by atoms with Crippen LogP contribution >= 0.6 is 11.6 Å². The van der Waals surface area contributed by atoms with Crippen LogP contribution in [-0.4, -0.2) is 58.1 Å². The summed E-state index contributed by atoms with van der Waals surface area (Å²) in [6.07, 6.45) is 4.70. The zero-order chi connectivity index (χ0) is 25.7. The molecule has 0 unspecified atom stereocenters. The van der Waals surface area contributed by atoms with Crippen LogP contribution in [0.2, 0.25) is 5.02 Å². The number of carbonyl (C=O) groups is 2. The third kappa shape index (κ3) is 6.60. The fourth-order valence-electron chi connectivity index (χ4n) is 5.15. The van der Waals surface area contributed by atoms with Crippen molar-refractivity contribution < 1.29 is 18.4 Å². The van der Waals surface area contributed by atoms with E-state index >= 15 is 0 Å². The molecule has 36 heavy (non-hydrogen) atoms. The molecule has 0 radical (unpaired) electrons. The molecule has 4 N–H and O–H groups in total. The Bertz CT molecular complexity index is 1070. The lowest BCUT2D eigenvalue weighted by Crippen LogP contribution is -2.46. The highest BCUT2D eigenvalue weighted by atomic mass is 35.5. The van der Waals surface area contributed by atoms with Gasteiger partial charge in [0, 0.05) is 36.0 Å². The maximum Gasteiger partial charge on any atom is 0.272 e. The predicted molar refractivity (Wildman–Crippen MR) is 134 cm³/mol. The van der Waals surface area contributed by atoms with Crippen LogP contribution in [0.3, 0.4) is 0 Å². The maximum absolute atomic E-state index is 13.8. The predicted octanol–water partition coefficient (Wildman–Crippen LogP) is 3.92. The highest BCUT2D eigenvalue weighted by Gasteiger charge is 2.35. The van der Waals surface area contributed by atoms with Gasteiger partial charge in [0.25, 0.3) is 11.8 Å². The summed E-state index contributed by atoms with van der Waals surface area (Å²) in [6.45, 7) is 0.579. The Morgan fingerprint density at radius 1 is 1.22 bits per heavy atom. The van der Waals surface area contributed by atoms with Crippen LogP contribution < -0.4 is 16.6 Å². The molecule has 0 bridgehead atoms. The number of amides is 2. The molecule has 2 fully saturated rings. The van der Waals surface area contributed by atoms with E-state index in [-0.39, 0.29) is 31.1 Å². The van der Waals surface area contributed by atoms with E-state index in [0.29, 0.717) is 31.0 Å². The number of alkyl halides is 2. The molecule has 1 aliphatic carbocycles. The number of aromatic nitrogens is 2. The van der Waals surface area contributed by atoms with Crippen molar-refractivity contribution in [3.05, 3.63) is 41.0 Å². The Morgan fingerprint density at radius 3 is 2.67 bits per heavy atom. The van der Waals surface area contributed by atoms with Crippen molar-refractivity contribution in [2.75, 3.05) is 19.6 Å². The number of nitrogens with two attached hydrogens (primary N) is 1. The molecule has 1 saturated heterocycles. The average molecular weight is 523 g/mol. The number of rotatable bonds is 9. The molecule has 0 spiro atoms. The number of halogens is 3. The van der Waals surface area contributed by atoms with Crippen molar-refractivity contribution in [2.24, 2.45) is 5.84 Å². The molecular formula is C25H33ClF2N6O2. The van der Waals surface area contributed by atoms with Crippen LogP contribution in [0.15, 0.2) is 30.3 Å². The summed E-state index contributed by atoms with van der Waals surface area (Å²) < 4.78 is 29.5. The fourth-order valence-corrected chi connectivity index (χ4v) is 5.38. The highest BCUT2D eigenvalue weighted by molar-refractivity contribution is 6.33. The molecule has 11 heteroatoms. The largest absolute Gasteiger partial charge is 0.347 e. The minimum Gasteiger partial charge on any atom is -0.347 e. The number of carbonyl (C=O) groups excluding carboxylic acids is 2. The number of hydrazine groups is 1. The Morgan fingerprint density at radius 2 is 1.97 bits per heavy atom. The quantitative estimate of drug-likeness (QED) is 0.263. The van der Waals surface area contributed by atoms with Gasteiger partial charge < -0.3 is 5.32 Å². The monoisotopic (exact) mass is 522 g/mol. The van der Waals surface area contributed by atoms with E-state index in [4.69, 9.17) is 17.4 Å². The summed E-state index contributed by atoms with van der Waals surface area (Å²) in [7, 11) is 0. The molecule has 2 amide bonds. The molecule has 4 rings (SSSR count). The molecule has 1 aromatic heterocycles. The Kier molecular flexibility index (Phi) is 8.58. The second-order valence-corrected chi connectivity index (χ2v) is 10.2. The summed E-state index contributed by atoms with van der Waals surface area (Å²) in [4.78, 5) is 26.9. The van der Waals surface area contributed by atoms with Crippen molar-refractivity contribution in [3.63, 3.8) is 0 Å². The second-order valence-electron chi connectivity index (χ2n) is 9.74. The third-order valence-corrected chi connectivity index (χ3v) is 7.31. The Hall–Kier alpha value is -2.56. The normalized spacial score (nSPS) is 19.2. The number of nitrogens with one attached hydrogen (secondary N) is 2. The van der Waals surface area contributed by atoms with Gasteiger partial charge in [-0.05, 0) is 44.4 Å². The van der Waals surface area contributed by atoms with Gasteiger partial charge in [-0.15, -0.1) is 0 Å². The van der Waals surface area contributed by atoms with Crippen LogP contribution in [0.1, 0.15) is 67.9 Å². The first-order chi connectivity index (χ1) is 17.3. The van der Waals surface area contributed by atoms with E-state index in [2.05, 4.69) is 15.8 Å². The van der Waals surface area contributed by atoms with E-state index in [1.165, 1.54) is 0 Å². The molecule has 2 heterocycles. The van der Waals surface area contributed by atoms with Crippen LogP contribution in [-0.2, 0) is 4.79 Å². The number of likely N-dealkylation sites (tertiary alicyclic amines) is 1. The standard InChI is InChI=1S/C25H33ClF2N6O2/c26-20-9-4-3-8-19(20)22-15-21(32-34(22)18-6-1-2-7-18)24(36)30-17(14-23(35)31-29)10-13-33-12-5-11-25(27,28)16-33/h3-4,8-9,15,17-18H,1-2,5-7,10-14,16,29H2,(H,30,36)(H,31,35)/t17-/m0/s1. The molecule has 196 valence electrons. The van der Waals surface area contributed by atoms with Gasteiger partial charge in [0.1, 0.15) is 0 Å².